The van der Waals surface area contributed by atoms with Crippen molar-refractivity contribution in [3.63, 3.8) is 0 Å². The van der Waals surface area contributed by atoms with Gasteiger partial charge in [-0.05, 0) is 18.8 Å². The number of hydrogen-bond donors (Lipinski definition) is 2. The van der Waals surface area contributed by atoms with Crippen LogP contribution in [0.1, 0.15) is 26.7 Å². The Balaban J connectivity index is 2.68. The van der Waals surface area contributed by atoms with Crippen molar-refractivity contribution in [1.82, 2.24) is 10.2 Å². The quantitative estimate of drug-likeness (QED) is 0.684. The maximum atomic E-state index is 12.0. The van der Waals surface area contributed by atoms with Crippen LogP contribution in [0.5, 0.6) is 0 Å². The van der Waals surface area contributed by atoms with Gasteiger partial charge in [0.2, 0.25) is 0 Å². The lowest BCUT2D eigenvalue weighted by molar-refractivity contribution is -0.144. The number of carbonyl (C=O) groups excluding carboxylic acids is 2. The summed E-state index contributed by atoms with van der Waals surface area (Å²) in [4.78, 5) is 35.6. The van der Waals surface area contributed by atoms with Crippen LogP contribution in [0.25, 0.3) is 0 Å². The van der Waals surface area contributed by atoms with Gasteiger partial charge in [0.1, 0.15) is 12.6 Å². The Kier molecular flexibility index (Phi) is 5.14. The van der Waals surface area contributed by atoms with Crippen molar-refractivity contribution in [2.24, 2.45) is 5.92 Å². The molecule has 0 bridgehead atoms. The van der Waals surface area contributed by atoms with E-state index in [-0.39, 0.29) is 18.5 Å². The zero-order chi connectivity index (χ0) is 14.6. The van der Waals surface area contributed by atoms with Gasteiger partial charge in [0.05, 0.1) is 7.11 Å². The highest BCUT2D eigenvalue weighted by Crippen LogP contribution is 2.26. The fourth-order valence-corrected chi connectivity index (χ4v) is 1.74. The number of carbonyl (C=O) groups is 3. The number of aliphatic carboxylic acids is 1. The summed E-state index contributed by atoms with van der Waals surface area (Å²) in [7, 11) is 1.25. The van der Waals surface area contributed by atoms with Crippen molar-refractivity contribution in [1.29, 1.82) is 0 Å². The minimum Gasteiger partial charge on any atom is -0.480 e. The Morgan fingerprint density at radius 1 is 1.37 bits per heavy atom. The minimum absolute atomic E-state index is 0.0402. The smallest absolute Gasteiger partial charge is 0.328 e. The zero-order valence-corrected chi connectivity index (χ0v) is 11.4. The first kappa shape index (κ1) is 15.3. The number of ether oxygens (including phenoxy) is 1. The fourth-order valence-electron chi connectivity index (χ4n) is 1.74. The molecule has 0 heterocycles. The van der Waals surface area contributed by atoms with Crippen molar-refractivity contribution in [2.45, 2.75) is 38.8 Å². The van der Waals surface area contributed by atoms with E-state index in [4.69, 9.17) is 5.11 Å². The van der Waals surface area contributed by atoms with E-state index in [1.165, 1.54) is 12.0 Å². The maximum Gasteiger partial charge on any atom is 0.328 e. The third-order valence-electron chi connectivity index (χ3n) is 2.95. The molecule has 2 amide bonds. The van der Waals surface area contributed by atoms with Crippen LogP contribution in [-0.4, -0.2) is 53.7 Å². The lowest BCUT2D eigenvalue weighted by Gasteiger charge is -2.25. The fraction of sp³-hybridized carbons (Fsp3) is 0.750. The molecule has 0 aromatic heterocycles. The van der Waals surface area contributed by atoms with Crippen LogP contribution >= 0.6 is 0 Å². The largest absolute Gasteiger partial charge is 0.480 e. The van der Waals surface area contributed by atoms with E-state index in [0.717, 1.165) is 12.8 Å². The van der Waals surface area contributed by atoms with Crippen LogP contribution in [0.4, 0.5) is 4.79 Å². The van der Waals surface area contributed by atoms with Gasteiger partial charge >= 0.3 is 18.0 Å². The number of rotatable bonds is 6. The minimum atomic E-state index is -1.07. The van der Waals surface area contributed by atoms with Crippen LogP contribution < -0.4 is 5.32 Å². The van der Waals surface area contributed by atoms with Crippen molar-refractivity contribution in [2.75, 3.05) is 13.7 Å². The first-order valence-electron chi connectivity index (χ1n) is 6.23. The molecule has 0 aromatic carbocycles. The van der Waals surface area contributed by atoms with Crippen LogP contribution in [0.15, 0.2) is 0 Å². The molecule has 1 atom stereocenters. The van der Waals surface area contributed by atoms with Gasteiger partial charge in [-0.25, -0.2) is 9.59 Å². The van der Waals surface area contributed by atoms with Gasteiger partial charge in [0.15, 0.2) is 0 Å². The van der Waals surface area contributed by atoms with Crippen LogP contribution in [0, 0.1) is 5.92 Å². The number of carboxylic acid groups (broad SMARTS) is 1. The Labute approximate surface area is 111 Å². The molecule has 0 spiro atoms. The molecule has 0 aliphatic heterocycles. The van der Waals surface area contributed by atoms with Gasteiger partial charge in [0, 0.05) is 6.04 Å². The average molecular weight is 272 g/mol. The van der Waals surface area contributed by atoms with Crippen LogP contribution in [0.3, 0.4) is 0 Å². The Bertz CT molecular complexity index is 365. The number of urea groups is 1. The van der Waals surface area contributed by atoms with Gasteiger partial charge in [-0.1, -0.05) is 13.8 Å². The van der Waals surface area contributed by atoms with Crippen molar-refractivity contribution < 1.29 is 24.2 Å². The van der Waals surface area contributed by atoms with E-state index in [1.54, 1.807) is 13.8 Å². The molecule has 1 unspecified atom stereocenters. The summed E-state index contributed by atoms with van der Waals surface area (Å²) in [6.45, 7) is 3.20. The molecule has 1 saturated carbocycles. The summed E-state index contributed by atoms with van der Waals surface area (Å²) in [5, 5.41) is 11.3. The second-order valence-electron chi connectivity index (χ2n) is 4.95. The van der Waals surface area contributed by atoms with E-state index in [9.17, 15) is 14.4 Å². The second-order valence-corrected chi connectivity index (χ2v) is 4.95. The average Bonchev–Trinajstić information content (AvgIpc) is 3.15. The van der Waals surface area contributed by atoms with Gasteiger partial charge in [-0.2, -0.15) is 0 Å². The summed E-state index contributed by atoms with van der Waals surface area (Å²) in [6.07, 6.45) is 1.59. The van der Waals surface area contributed by atoms with E-state index in [0.29, 0.717) is 0 Å². The zero-order valence-electron chi connectivity index (χ0n) is 11.4. The highest BCUT2D eigenvalue weighted by atomic mass is 16.5. The van der Waals surface area contributed by atoms with Crippen molar-refractivity contribution in [3.8, 4) is 0 Å². The number of hydrogen-bond acceptors (Lipinski definition) is 4. The van der Waals surface area contributed by atoms with E-state index < -0.39 is 24.0 Å². The van der Waals surface area contributed by atoms with Gasteiger partial charge < -0.3 is 20.1 Å². The number of esters is 1. The summed E-state index contributed by atoms with van der Waals surface area (Å²) >= 11 is 0. The molecular weight excluding hydrogens is 252 g/mol. The predicted octanol–water partition coefficient (Wildman–Crippen LogP) is 0.443. The van der Waals surface area contributed by atoms with Gasteiger partial charge in [0.25, 0.3) is 0 Å². The van der Waals surface area contributed by atoms with E-state index in [2.05, 4.69) is 10.1 Å². The molecule has 1 rings (SSSR count). The van der Waals surface area contributed by atoms with E-state index >= 15 is 0 Å². The summed E-state index contributed by atoms with van der Waals surface area (Å²) < 4.78 is 4.62. The molecule has 7 heteroatoms. The molecule has 0 aromatic rings. The molecule has 1 fully saturated rings. The number of nitrogens with one attached hydrogen (secondary N) is 1. The van der Waals surface area contributed by atoms with Crippen LogP contribution in [0.2, 0.25) is 0 Å². The number of amides is 2. The van der Waals surface area contributed by atoms with Gasteiger partial charge in [-0.3, -0.25) is 4.79 Å². The monoisotopic (exact) mass is 272 g/mol. The molecular formula is C12H20N2O5. The summed E-state index contributed by atoms with van der Waals surface area (Å²) in [6, 6.07) is -1.34. The molecule has 1 aliphatic rings. The maximum absolute atomic E-state index is 12.0. The van der Waals surface area contributed by atoms with E-state index in [1.807, 2.05) is 0 Å². The highest BCUT2D eigenvalue weighted by molar-refractivity contribution is 5.86. The van der Waals surface area contributed by atoms with Crippen molar-refractivity contribution >= 4 is 18.0 Å². The Morgan fingerprint density at radius 2 is 1.95 bits per heavy atom. The number of carboxylic acids is 1. The lowest BCUT2D eigenvalue weighted by atomic mass is 10.1. The molecule has 0 saturated heterocycles. The summed E-state index contributed by atoms with van der Waals surface area (Å²) in [5.74, 6) is -1.74. The number of nitrogens with zero attached hydrogens (tertiary/aromatic N) is 1. The standard InChI is InChI=1S/C12H20N2O5/c1-7(2)10(11(17)19-3)13-12(18)14(6-9(15)16)8-4-5-8/h7-8,10H,4-6H2,1-3H3,(H,13,18)(H,15,16). The number of methoxy groups -OCH3 is 1. The Hall–Kier alpha value is -1.79. The van der Waals surface area contributed by atoms with Crippen LogP contribution in [-0.2, 0) is 14.3 Å². The molecule has 0 radical (unpaired) electrons. The lowest BCUT2D eigenvalue weighted by Crippen LogP contribution is -2.52. The third-order valence-corrected chi connectivity index (χ3v) is 2.95. The molecule has 19 heavy (non-hydrogen) atoms. The third kappa shape index (κ3) is 4.42. The molecule has 1 aliphatic carbocycles. The second kappa shape index (κ2) is 6.40. The normalized spacial score (nSPS) is 15.8. The Morgan fingerprint density at radius 3 is 2.32 bits per heavy atom. The highest BCUT2D eigenvalue weighted by Gasteiger charge is 2.36. The van der Waals surface area contributed by atoms with Gasteiger partial charge in [-0.15, -0.1) is 0 Å². The molecule has 108 valence electrons. The molecule has 2 N–H and O–H groups in total. The first-order chi connectivity index (χ1) is 8.86. The SMILES string of the molecule is COC(=O)C(NC(=O)N(CC(=O)O)C1CC1)C(C)C. The van der Waals surface area contributed by atoms with Crippen molar-refractivity contribution in [3.05, 3.63) is 0 Å². The summed E-state index contributed by atoms with van der Waals surface area (Å²) in [5.41, 5.74) is 0. The topological polar surface area (TPSA) is 95.9 Å². The predicted molar refractivity (Wildman–Crippen MR) is 66.5 cm³/mol. The first-order valence-corrected chi connectivity index (χ1v) is 6.23. The molecule has 7 nitrogen and oxygen atoms in total.